The second-order valence-corrected chi connectivity index (χ2v) is 6.97. The van der Waals surface area contributed by atoms with Crippen LogP contribution in [-0.4, -0.2) is 30.0 Å². The van der Waals surface area contributed by atoms with E-state index in [-0.39, 0.29) is 11.9 Å². The van der Waals surface area contributed by atoms with Gasteiger partial charge in [0.25, 0.3) is 0 Å². The van der Waals surface area contributed by atoms with Gasteiger partial charge in [0.2, 0.25) is 5.91 Å². The number of carbonyl (C=O) groups is 1. The maximum atomic E-state index is 12.6. The van der Waals surface area contributed by atoms with Gasteiger partial charge in [-0.1, -0.05) is 23.7 Å². The van der Waals surface area contributed by atoms with Crippen LogP contribution in [0.15, 0.2) is 42.6 Å². The lowest BCUT2D eigenvalue weighted by molar-refractivity contribution is -0.137. The lowest BCUT2D eigenvalue weighted by Crippen LogP contribution is -2.37. The van der Waals surface area contributed by atoms with Crippen molar-refractivity contribution < 1.29 is 18.0 Å². The highest BCUT2D eigenvalue weighted by molar-refractivity contribution is 6.30. The Labute approximate surface area is 160 Å². The topological polar surface area (TPSA) is 45.2 Å². The molecule has 0 unspecified atom stereocenters. The van der Waals surface area contributed by atoms with E-state index < -0.39 is 11.7 Å². The summed E-state index contributed by atoms with van der Waals surface area (Å²) in [6.07, 6.45) is -1.87. The summed E-state index contributed by atoms with van der Waals surface area (Å²) in [5.74, 6) is 0.431. The number of aromatic nitrogens is 1. The van der Waals surface area contributed by atoms with E-state index >= 15 is 0 Å². The van der Waals surface area contributed by atoms with Gasteiger partial charge in [0.1, 0.15) is 5.82 Å². The largest absolute Gasteiger partial charge is 0.417 e. The van der Waals surface area contributed by atoms with E-state index in [1.165, 1.54) is 6.07 Å². The molecule has 2 heterocycles. The Morgan fingerprint density at radius 1 is 1.30 bits per heavy atom. The van der Waals surface area contributed by atoms with Crippen molar-refractivity contribution in [3.8, 4) is 0 Å². The molecule has 4 nitrogen and oxygen atoms in total. The average molecular weight is 398 g/mol. The SMILES string of the molecule is O=C(CCc1cccc(Cl)c1)N[C@@H]1CCN(c2ccc(C(F)(F)F)cn2)C1. The molecule has 27 heavy (non-hydrogen) atoms. The van der Waals surface area contributed by atoms with Crippen LogP contribution in [0.3, 0.4) is 0 Å². The van der Waals surface area contributed by atoms with Gasteiger partial charge >= 0.3 is 6.18 Å². The number of hydrogen-bond acceptors (Lipinski definition) is 3. The minimum Gasteiger partial charge on any atom is -0.354 e. The van der Waals surface area contributed by atoms with Crippen LogP contribution in [0.1, 0.15) is 24.0 Å². The molecule has 1 aromatic carbocycles. The third-order valence-corrected chi connectivity index (χ3v) is 4.72. The van der Waals surface area contributed by atoms with Crippen LogP contribution in [0.2, 0.25) is 5.02 Å². The van der Waals surface area contributed by atoms with Gasteiger partial charge < -0.3 is 10.2 Å². The number of halogens is 4. The number of nitrogens with one attached hydrogen (secondary N) is 1. The number of rotatable bonds is 5. The zero-order valence-electron chi connectivity index (χ0n) is 14.5. The minimum absolute atomic E-state index is 0.0408. The van der Waals surface area contributed by atoms with Crippen molar-refractivity contribution in [1.82, 2.24) is 10.3 Å². The summed E-state index contributed by atoms with van der Waals surface area (Å²) in [4.78, 5) is 17.9. The molecule has 1 N–H and O–H groups in total. The van der Waals surface area contributed by atoms with Crippen LogP contribution in [0, 0.1) is 0 Å². The number of hydrogen-bond donors (Lipinski definition) is 1. The highest BCUT2D eigenvalue weighted by Gasteiger charge is 2.31. The number of anilines is 1. The van der Waals surface area contributed by atoms with Crippen LogP contribution in [-0.2, 0) is 17.4 Å². The van der Waals surface area contributed by atoms with Gasteiger partial charge in [-0.25, -0.2) is 4.98 Å². The summed E-state index contributed by atoms with van der Waals surface area (Å²) in [6, 6.07) is 9.75. The van der Waals surface area contributed by atoms with Gasteiger partial charge in [-0.05, 0) is 42.7 Å². The van der Waals surface area contributed by atoms with Crippen LogP contribution in [0.5, 0.6) is 0 Å². The molecule has 1 atom stereocenters. The molecule has 0 spiro atoms. The highest BCUT2D eigenvalue weighted by atomic mass is 35.5. The fourth-order valence-corrected chi connectivity index (χ4v) is 3.29. The Balaban J connectivity index is 1.48. The fraction of sp³-hybridized carbons (Fsp3) is 0.368. The first-order chi connectivity index (χ1) is 12.8. The summed E-state index contributed by atoms with van der Waals surface area (Å²) >= 11 is 5.93. The van der Waals surface area contributed by atoms with Gasteiger partial charge in [-0.2, -0.15) is 13.2 Å². The Morgan fingerprint density at radius 2 is 2.11 bits per heavy atom. The predicted octanol–water partition coefficient (Wildman–Crippen LogP) is 4.08. The predicted molar refractivity (Wildman–Crippen MR) is 97.8 cm³/mol. The summed E-state index contributed by atoms with van der Waals surface area (Å²) in [6.45, 7) is 1.17. The maximum Gasteiger partial charge on any atom is 0.417 e. The summed E-state index contributed by atoms with van der Waals surface area (Å²) in [5, 5.41) is 3.62. The van der Waals surface area contributed by atoms with Crippen molar-refractivity contribution in [2.75, 3.05) is 18.0 Å². The molecule has 1 amide bonds. The minimum atomic E-state index is -4.39. The number of nitrogens with zero attached hydrogens (tertiary/aromatic N) is 2. The van der Waals surface area contributed by atoms with Crippen molar-refractivity contribution in [2.45, 2.75) is 31.5 Å². The molecule has 1 saturated heterocycles. The number of pyridine rings is 1. The molecule has 3 rings (SSSR count). The lowest BCUT2D eigenvalue weighted by atomic mass is 10.1. The van der Waals surface area contributed by atoms with Crippen LogP contribution in [0.25, 0.3) is 0 Å². The summed E-state index contributed by atoms with van der Waals surface area (Å²) in [7, 11) is 0. The molecule has 8 heteroatoms. The van der Waals surface area contributed by atoms with Gasteiger partial charge in [-0.15, -0.1) is 0 Å². The quantitative estimate of drug-likeness (QED) is 0.826. The summed E-state index contributed by atoms with van der Waals surface area (Å²) < 4.78 is 37.8. The average Bonchev–Trinajstić information content (AvgIpc) is 3.08. The van der Waals surface area contributed by atoms with Crippen LogP contribution < -0.4 is 10.2 Å². The number of amides is 1. The van der Waals surface area contributed by atoms with Gasteiger partial charge in [0.05, 0.1) is 5.56 Å². The number of aryl methyl sites for hydroxylation is 1. The van der Waals surface area contributed by atoms with E-state index in [0.717, 1.165) is 24.2 Å². The first kappa shape index (κ1) is 19.5. The molecule has 0 bridgehead atoms. The number of benzene rings is 1. The highest BCUT2D eigenvalue weighted by Crippen LogP contribution is 2.29. The molecule has 2 aromatic rings. The first-order valence-corrected chi connectivity index (χ1v) is 9.01. The van der Waals surface area contributed by atoms with Crippen molar-refractivity contribution >= 4 is 23.3 Å². The monoisotopic (exact) mass is 397 g/mol. The van der Waals surface area contributed by atoms with Gasteiger partial charge in [0.15, 0.2) is 0 Å². The molecule has 0 aliphatic carbocycles. The third-order valence-electron chi connectivity index (χ3n) is 4.48. The molecule has 0 saturated carbocycles. The zero-order chi connectivity index (χ0) is 19.4. The molecule has 1 aromatic heterocycles. The van der Waals surface area contributed by atoms with Crippen molar-refractivity contribution in [3.05, 3.63) is 58.7 Å². The van der Waals surface area contributed by atoms with E-state index in [9.17, 15) is 18.0 Å². The Hall–Kier alpha value is -2.28. The summed E-state index contributed by atoms with van der Waals surface area (Å²) in [5.41, 5.74) is 0.232. The van der Waals surface area contributed by atoms with E-state index in [2.05, 4.69) is 10.3 Å². The lowest BCUT2D eigenvalue weighted by Gasteiger charge is -2.18. The third kappa shape index (κ3) is 5.35. The van der Waals surface area contributed by atoms with Crippen LogP contribution in [0.4, 0.5) is 19.0 Å². The zero-order valence-corrected chi connectivity index (χ0v) is 15.2. The van der Waals surface area contributed by atoms with Crippen LogP contribution >= 0.6 is 11.6 Å². The van der Waals surface area contributed by atoms with E-state index in [1.807, 2.05) is 23.1 Å². The Kier molecular flexibility index (Phi) is 5.89. The maximum absolute atomic E-state index is 12.6. The molecular formula is C19H19ClF3N3O. The Bertz CT molecular complexity index is 796. The normalized spacial score (nSPS) is 17.2. The smallest absolute Gasteiger partial charge is 0.354 e. The Morgan fingerprint density at radius 3 is 2.78 bits per heavy atom. The molecular weight excluding hydrogens is 379 g/mol. The number of carbonyl (C=O) groups excluding carboxylic acids is 1. The standard InChI is InChI=1S/C19H19ClF3N3O/c20-15-3-1-2-13(10-15)4-7-18(27)25-16-8-9-26(12-16)17-6-5-14(11-24-17)19(21,22)23/h1-3,5-6,10-11,16H,4,7-9,12H2,(H,25,27)/t16-/m1/s1. The first-order valence-electron chi connectivity index (χ1n) is 8.63. The number of alkyl halides is 3. The van der Waals surface area contributed by atoms with E-state index in [0.29, 0.717) is 36.8 Å². The second kappa shape index (κ2) is 8.17. The van der Waals surface area contributed by atoms with Crippen molar-refractivity contribution in [3.63, 3.8) is 0 Å². The van der Waals surface area contributed by atoms with Gasteiger partial charge in [-0.3, -0.25) is 4.79 Å². The second-order valence-electron chi connectivity index (χ2n) is 6.53. The molecule has 0 radical (unpaired) electrons. The fourth-order valence-electron chi connectivity index (χ4n) is 3.08. The van der Waals surface area contributed by atoms with Gasteiger partial charge in [0, 0.05) is 36.8 Å². The van der Waals surface area contributed by atoms with Crippen molar-refractivity contribution in [1.29, 1.82) is 0 Å². The molecule has 1 aliphatic heterocycles. The van der Waals surface area contributed by atoms with Crippen molar-refractivity contribution in [2.24, 2.45) is 0 Å². The van der Waals surface area contributed by atoms with E-state index in [4.69, 9.17) is 11.6 Å². The molecule has 144 valence electrons. The molecule has 1 fully saturated rings. The van der Waals surface area contributed by atoms with E-state index in [1.54, 1.807) is 6.07 Å². The molecule has 1 aliphatic rings.